The minimum atomic E-state index is 0. The molecule has 89 valence electrons. The molecule has 0 spiro atoms. The number of hydrogen-bond donors (Lipinski definition) is 0. The van der Waals surface area contributed by atoms with Crippen LogP contribution < -0.4 is 0 Å². The fourth-order valence-electron chi connectivity index (χ4n) is 0. The van der Waals surface area contributed by atoms with E-state index < -0.39 is 0 Å². The molecule has 0 aliphatic carbocycles. The Morgan fingerprint density at radius 1 is 0.471 bits per heavy atom. The molecule has 12 heteroatoms. The zero-order valence-corrected chi connectivity index (χ0v) is 9.92. The molecule has 0 aliphatic rings. The Morgan fingerprint density at radius 2 is 0.471 bits per heavy atom. The average Bonchev–Trinajstić information content (AvgIpc) is 2.09. The molecule has 10 nitrogen and oxygen atoms in total. The Morgan fingerprint density at radius 3 is 0.471 bits per heavy atom. The molecule has 0 bridgehead atoms. The van der Waals surface area contributed by atoms with Crippen molar-refractivity contribution in [1.82, 2.24) is 0 Å². The SMILES string of the molecule is [Cr+3].[Fe+2].[N-]=C=O.[N-]=C=O.[N-]=C=O.[N-]=C=O.[N-]=C=O. The summed E-state index contributed by atoms with van der Waals surface area (Å²) in [6.45, 7) is 0. The summed E-state index contributed by atoms with van der Waals surface area (Å²) >= 11 is 0. The summed E-state index contributed by atoms with van der Waals surface area (Å²) in [6, 6.07) is 0. The van der Waals surface area contributed by atoms with Crippen LogP contribution in [0.5, 0.6) is 0 Å². The van der Waals surface area contributed by atoms with Crippen molar-refractivity contribution in [3.63, 3.8) is 0 Å². The van der Waals surface area contributed by atoms with E-state index in [4.69, 9.17) is 51.0 Å². The monoisotopic (exact) mass is 318 g/mol. The Labute approximate surface area is 116 Å². The van der Waals surface area contributed by atoms with E-state index in [2.05, 4.69) is 0 Å². The van der Waals surface area contributed by atoms with E-state index in [9.17, 15) is 0 Å². The van der Waals surface area contributed by atoms with Crippen molar-refractivity contribution in [3.05, 3.63) is 27.0 Å². The molecule has 0 aliphatic heterocycles. The first-order valence-electron chi connectivity index (χ1n) is 2.14. The van der Waals surface area contributed by atoms with Gasteiger partial charge in [0.2, 0.25) is 0 Å². The van der Waals surface area contributed by atoms with Gasteiger partial charge in [-0.2, -0.15) is 0 Å². The van der Waals surface area contributed by atoms with E-state index in [1.54, 1.807) is 0 Å². The van der Waals surface area contributed by atoms with Gasteiger partial charge < -0.3 is 27.0 Å². The first-order valence-corrected chi connectivity index (χ1v) is 2.14. The second-order valence-corrected chi connectivity index (χ2v) is 0.456. The summed E-state index contributed by atoms with van der Waals surface area (Å²) < 4.78 is 0. The van der Waals surface area contributed by atoms with Crippen LogP contribution >= 0.6 is 0 Å². The third kappa shape index (κ3) is 475. The van der Waals surface area contributed by atoms with Crippen molar-refractivity contribution in [1.29, 1.82) is 0 Å². The molecule has 0 rings (SSSR count). The van der Waals surface area contributed by atoms with E-state index in [0.717, 1.165) is 0 Å². The largest absolute Gasteiger partial charge is 3.00 e. The van der Waals surface area contributed by atoms with Crippen LogP contribution in [0.2, 0.25) is 0 Å². The van der Waals surface area contributed by atoms with Crippen LogP contribution in [0.1, 0.15) is 0 Å². The van der Waals surface area contributed by atoms with Crippen LogP contribution in [0.3, 0.4) is 0 Å². The van der Waals surface area contributed by atoms with Crippen LogP contribution in [0.15, 0.2) is 0 Å². The minimum Gasteiger partial charge on any atom is -0.724 e. The predicted octanol–water partition coefficient (Wildman–Crippen LogP) is -0.547. The van der Waals surface area contributed by atoms with E-state index >= 15 is 0 Å². The van der Waals surface area contributed by atoms with Gasteiger partial charge in [-0.3, -0.25) is 24.0 Å². The predicted molar refractivity (Wildman–Crippen MR) is 45.3 cm³/mol. The molecular weight excluding hydrogens is 318 g/mol. The standard InChI is InChI=1S/5CNO.Cr.Fe/c5*2-1-3;;/q5*-1;+3;+2. The summed E-state index contributed by atoms with van der Waals surface area (Å²) in [6.07, 6.45) is 2.50. The topological polar surface area (TPSA) is 197 Å². The molecule has 0 heterocycles. The molecular formula is C5CrFeN5O5. The van der Waals surface area contributed by atoms with E-state index in [1.807, 2.05) is 0 Å². The van der Waals surface area contributed by atoms with Gasteiger partial charge in [0.05, 0.1) is 0 Å². The van der Waals surface area contributed by atoms with E-state index in [0.29, 0.717) is 30.4 Å². The molecule has 0 saturated heterocycles. The smallest absolute Gasteiger partial charge is 0.724 e. The maximum absolute atomic E-state index is 8.24. The van der Waals surface area contributed by atoms with Crippen molar-refractivity contribution in [2.45, 2.75) is 0 Å². The van der Waals surface area contributed by atoms with E-state index in [1.165, 1.54) is 0 Å². The zero-order chi connectivity index (χ0) is 13.5. The molecule has 0 amide bonds. The van der Waals surface area contributed by atoms with Gasteiger partial charge in [0.25, 0.3) is 0 Å². The Bertz CT molecular complexity index is 209. The Balaban J connectivity index is -0.0000000143. The second-order valence-electron chi connectivity index (χ2n) is 0.456. The number of rotatable bonds is 0. The van der Waals surface area contributed by atoms with Crippen LogP contribution in [0, 0.1) is 0 Å². The maximum Gasteiger partial charge on any atom is 3.00 e. The molecule has 17 heavy (non-hydrogen) atoms. The first kappa shape index (κ1) is 46.0. The molecule has 1 radical (unpaired) electrons. The molecule has 0 saturated carbocycles. The van der Waals surface area contributed by atoms with Crippen LogP contribution in [-0.2, 0) is 58.4 Å². The van der Waals surface area contributed by atoms with Crippen molar-refractivity contribution in [2.24, 2.45) is 0 Å². The second kappa shape index (κ2) is 269. The van der Waals surface area contributed by atoms with Gasteiger partial charge in [-0.25, -0.2) is 0 Å². The number of isocyanates is 5. The molecule has 0 atom stereocenters. The number of carbonyl (C=O) groups excluding carboxylic acids is 5. The average molecular weight is 318 g/mol. The summed E-state index contributed by atoms with van der Waals surface area (Å²) in [7, 11) is 0. The van der Waals surface area contributed by atoms with Gasteiger partial charge in [-0.1, -0.05) is 0 Å². The fraction of sp³-hybridized carbons (Fsp3) is 0. The third-order valence-electron chi connectivity index (χ3n) is 0. The molecule has 0 aromatic rings. The van der Waals surface area contributed by atoms with E-state index in [-0.39, 0.29) is 34.4 Å². The molecule has 0 aromatic heterocycles. The molecule has 0 aromatic carbocycles. The van der Waals surface area contributed by atoms with Gasteiger partial charge in [0, 0.05) is 0 Å². The molecule has 0 unspecified atom stereocenters. The van der Waals surface area contributed by atoms with Crippen molar-refractivity contribution < 1.29 is 58.4 Å². The third-order valence-corrected chi connectivity index (χ3v) is 0. The van der Waals surface area contributed by atoms with Gasteiger partial charge in [0.1, 0.15) is 0 Å². The number of nitrogens with zero attached hydrogens (tertiary/aromatic N) is 5. The van der Waals surface area contributed by atoms with Gasteiger partial charge in [-0.15, -0.1) is 0 Å². The Hall–Kier alpha value is -2.05. The van der Waals surface area contributed by atoms with Crippen LogP contribution in [-0.4, -0.2) is 30.4 Å². The maximum atomic E-state index is 8.24. The van der Waals surface area contributed by atoms with Crippen LogP contribution in [0.25, 0.3) is 27.0 Å². The molecule has 0 N–H and O–H groups in total. The van der Waals surface area contributed by atoms with Crippen LogP contribution in [0.4, 0.5) is 0 Å². The van der Waals surface area contributed by atoms with Crippen molar-refractivity contribution in [3.8, 4) is 0 Å². The Kier molecular flexibility index (Phi) is 727. The van der Waals surface area contributed by atoms with Crippen molar-refractivity contribution >= 4 is 30.4 Å². The van der Waals surface area contributed by atoms with Gasteiger partial charge in [0.15, 0.2) is 0 Å². The van der Waals surface area contributed by atoms with Gasteiger partial charge in [-0.05, 0) is 30.4 Å². The summed E-state index contributed by atoms with van der Waals surface area (Å²) in [5, 5.41) is 33.8. The quantitative estimate of drug-likeness (QED) is 0.327. The zero-order valence-electron chi connectivity index (χ0n) is 7.54. The summed E-state index contributed by atoms with van der Waals surface area (Å²) in [5.74, 6) is 0. The first-order chi connectivity index (χ1) is 7.07. The summed E-state index contributed by atoms with van der Waals surface area (Å²) in [5.41, 5.74) is 0. The van der Waals surface area contributed by atoms with Crippen molar-refractivity contribution in [2.75, 3.05) is 0 Å². The fourth-order valence-corrected chi connectivity index (χ4v) is 0. The number of hydrogen-bond acceptors (Lipinski definition) is 5. The minimum absolute atomic E-state index is 0. The normalized spacial score (nSPS) is 2.35. The summed E-state index contributed by atoms with van der Waals surface area (Å²) in [4.78, 5) is 41.2. The van der Waals surface area contributed by atoms with Gasteiger partial charge >= 0.3 is 34.4 Å². The molecule has 0 fully saturated rings.